The van der Waals surface area contributed by atoms with Crippen molar-refractivity contribution in [3.05, 3.63) is 11.6 Å². The monoisotopic (exact) mass is 462 g/mol. The van der Waals surface area contributed by atoms with Crippen molar-refractivity contribution in [2.24, 2.45) is 11.8 Å². The molecular weight excluding hydrogens is 428 g/mol. The van der Waals surface area contributed by atoms with Crippen LogP contribution in [-0.4, -0.2) is 118 Å². The van der Waals surface area contributed by atoms with E-state index in [-0.39, 0.29) is 25.7 Å². The fourth-order valence-electron chi connectivity index (χ4n) is 5.05. The van der Waals surface area contributed by atoms with Gasteiger partial charge in [0.25, 0.3) is 0 Å². The summed E-state index contributed by atoms with van der Waals surface area (Å²) in [6.07, 6.45) is -6.64. The summed E-state index contributed by atoms with van der Waals surface area (Å²) in [4.78, 5) is 0. The summed E-state index contributed by atoms with van der Waals surface area (Å²) in [7, 11) is 0. The average Bonchev–Trinajstić information content (AvgIpc) is 3.38. The zero-order valence-electron chi connectivity index (χ0n) is 18.2. The lowest BCUT2D eigenvalue weighted by Gasteiger charge is -2.42. The maximum absolute atomic E-state index is 10.4. The summed E-state index contributed by atoms with van der Waals surface area (Å²) in [5, 5.41) is 60.4. The Morgan fingerprint density at radius 2 is 1.84 bits per heavy atom. The summed E-state index contributed by atoms with van der Waals surface area (Å²) >= 11 is 0. The van der Waals surface area contributed by atoms with Crippen molar-refractivity contribution in [2.75, 3.05) is 33.0 Å². The van der Waals surface area contributed by atoms with Crippen LogP contribution in [0, 0.1) is 11.8 Å². The molecule has 0 spiro atoms. The van der Waals surface area contributed by atoms with Gasteiger partial charge in [0.2, 0.25) is 0 Å². The summed E-state index contributed by atoms with van der Waals surface area (Å²) in [6.45, 7) is 3.46. The van der Waals surface area contributed by atoms with E-state index in [2.05, 4.69) is 13.0 Å². The molecule has 11 atom stereocenters. The summed E-state index contributed by atoms with van der Waals surface area (Å²) in [5.41, 5.74) is -1.40. The van der Waals surface area contributed by atoms with Gasteiger partial charge in [-0.2, -0.15) is 0 Å². The highest BCUT2D eigenvalue weighted by atomic mass is 16.7. The third-order valence-electron chi connectivity index (χ3n) is 7.37. The van der Waals surface area contributed by atoms with E-state index in [1.165, 1.54) is 0 Å². The van der Waals surface area contributed by atoms with Gasteiger partial charge < -0.3 is 54.3 Å². The molecule has 4 rings (SSSR count). The molecule has 0 aromatic carbocycles. The molecule has 0 saturated carbocycles. The topological polar surface area (TPSA) is 168 Å². The molecule has 3 fully saturated rings. The van der Waals surface area contributed by atoms with Gasteiger partial charge in [0.05, 0.1) is 33.0 Å². The molecule has 4 aliphatic rings. The van der Waals surface area contributed by atoms with Gasteiger partial charge >= 0.3 is 0 Å². The SMILES string of the molecule is CC1=CC[C@@H]2[C@H](C)CO[C@]12CO[C@@H]1O[C@H](CO[C@@H]2OC[C@](O)(CO)[C@H]2O)[C@@H](O)[C@H](O)[C@H]1O. The Hall–Kier alpha value is -0.700. The summed E-state index contributed by atoms with van der Waals surface area (Å²) in [5.74, 6) is 0.609. The molecule has 3 heterocycles. The van der Waals surface area contributed by atoms with Gasteiger partial charge in [-0.25, -0.2) is 0 Å². The maximum atomic E-state index is 10.4. The second-order valence-electron chi connectivity index (χ2n) is 9.45. The molecule has 32 heavy (non-hydrogen) atoms. The van der Waals surface area contributed by atoms with E-state index in [9.17, 15) is 30.6 Å². The van der Waals surface area contributed by atoms with Crippen molar-refractivity contribution in [1.82, 2.24) is 0 Å². The van der Waals surface area contributed by atoms with E-state index in [1.54, 1.807) is 0 Å². The van der Waals surface area contributed by atoms with Gasteiger partial charge in [-0.3, -0.25) is 0 Å². The molecule has 0 radical (unpaired) electrons. The molecule has 184 valence electrons. The van der Waals surface area contributed by atoms with E-state index in [0.717, 1.165) is 12.0 Å². The van der Waals surface area contributed by atoms with Crippen LogP contribution in [0.3, 0.4) is 0 Å². The lowest BCUT2D eigenvalue weighted by atomic mass is 9.82. The van der Waals surface area contributed by atoms with E-state index in [4.69, 9.17) is 23.7 Å². The highest BCUT2D eigenvalue weighted by Gasteiger charge is 2.54. The lowest BCUT2D eigenvalue weighted by molar-refractivity contribution is -0.315. The van der Waals surface area contributed by atoms with Crippen molar-refractivity contribution >= 4 is 0 Å². The summed E-state index contributed by atoms with van der Waals surface area (Å²) in [6, 6.07) is 0. The molecule has 11 heteroatoms. The molecule has 0 aromatic heterocycles. The van der Waals surface area contributed by atoms with Gasteiger partial charge in [-0.15, -0.1) is 0 Å². The Bertz CT molecular complexity index is 703. The highest BCUT2D eigenvalue weighted by Crippen LogP contribution is 2.48. The number of ether oxygens (including phenoxy) is 5. The second kappa shape index (κ2) is 9.16. The largest absolute Gasteiger partial charge is 0.393 e. The number of aliphatic hydroxyl groups is 6. The Balaban J connectivity index is 1.37. The highest BCUT2D eigenvalue weighted by molar-refractivity contribution is 5.27. The summed E-state index contributed by atoms with van der Waals surface area (Å²) < 4.78 is 28.3. The molecule has 1 aliphatic carbocycles. The van der Waals surface area contributed by atoms with Crippen molar-refractivity contribution in [2.45, 2.75) is 74.6 Å². The van der Waals surface area contributed by atoms with Gasteiger partial charge in [-0.1, -0.05) is 13.0 Å². The van der Waals surface area contributed by atoms with Crippen molar-refractivity contribution in [3.63, 3.8) is 0 Å². The number of hydrogen-bond acceptors (Lipinski definition) is 11. The minimum atomic E-state index is -1.85. The smallest absolute Gasteiger partial charge is 0.186 e. The Morgan fingerprint density at radius 1 is 1.09 bits per heavy atom. The number of allylic oxidation sites excluding steroid dienone is 1. The van der Waals surface area contributed by atoms with Crippen LogP contribution in [0.25, 0.3) is 0 Å². The molecule has 6 N–H and O–H groups in total. The number of aliphatic hydroxyl groups excluding tert-OH is 5. The van der Waals surface area contributed by atoms with E-state index >= 15 is 0 Å². The number of hydrogen-bond donors (Lipinski definition) is 6. The minimum Gasteiger partial charge on any atom is -0.393 e. The molecule has 3 saturated heterocycles. The standard InChI is InChI=1S/C21H34O11/c1-10-5-31-21(11(2)3-4-12(10)21)9-30-18-16(25)15(24)14(23)13(32-18)6-28-19-17(26)20(27,7-22)8-29-19/h3,10,12-19,22-27H,4-9H2,1-2H3/t10-,12-,13-,14-,15+,16-,17+,18-,19-,20-,21-/m1/s1. The van der Waals surface area contributed by atoms with Crippen molar-refractivity contribution in [1.29, 1.82) is 0 Å². The first-order chi connectivity index (χ1) is 15.1. The van der Waals surface area contributed by atoms with Gasteiger partial charge in [0.1, 0.15) is 41.7 Å². The first-order valence-corrected chi connectivity index (χ1v) is 11.0. The zero-order chi connectivity index (χ0) is 23.3. The Labute approximate surface area is 186 Å². The molecule has 0 aromatic rings. The molecule has 0 unspecified atom stereocenters. The van der Waals surface area contributed by atoms with Crippen molar-refractivity contribution < 1.29 is 54.3 Å². The quantitative estimate of drug-likeness (QED) is 0.224. The van der Waals surface area contributed by atoms with Gasteiger partial charge in [-0.05, 0) is 24.8 Å². The molecule has 3 aliphatic heterocycles. The third kappa shape index (κ3) is 4.03. The predicted molar refractivity (Wildman–Crippen MR) is 106 cm³/mol. The van der Waals surface area contributed by atoms with Crippen LogP contribution in [0.15, 0.2) is 11.6 Å². The van der Waals surface area contributed by atoms with Crippen LogP contribution in [0.5, 0.6) is 0 Å². The van der Waals surface area contributed by atoms with Crippen LogP contribution in [0.4, 0.5) is 0 Å². The first kappa shape index (κ1) is 24.4. The van der Waals surface area contributed by atoms with Crippen LogP contribution < -0.4 is 0 Å². The van der Waals surface area contributed by atoms with Crippen LogP contribution in [0.2, 0.25) is 0 Å². The maximum Gasteiger partial charge on any atom is 0.186 e. The lowest BCUT2D eigenvalue weighted by Crippen LogP contribution is -2.60. The van der Waals surface area contributed by atoms with Crippen molar-refractivity contribution in [3.8, 4) is 0 Å². The van der Waals surface area contributed by atoms with E-state index in [1.807, 2.05) is 6.92 Å². The first-order valence-electron chi connectivity index (χ1n) is 11.0. The fraction of sp³-hybridized carbons (Fsp3) is 0.905. The molecule has 0 amide bonds. The van der Waals surface area contributed by atoms with Crippen LogP contribution in [0.1, 0.15) is 20.3 Å². The van der Waals surface area contributed by atoms with E-state index in [0.29, 0.717) is 12.5 Å². The number of fused-ring (bicyclic) bond motifs is 1. The molecule has 0 bridgehead atoms. The van der Waals surface area contributed by atoms with Crippen LogP contribution >= 0.6 is 0 Å². The number of rotatable bonds is 7. The fourth-order valence-corrected chi connectivity index (χ4v) is 5.05. The van der Waals surface area contributed by atoms with Crippen LogP contribution in [-0.2, 0) is 23.7 Å². The molecule has 11 nitrogen and oxygen atoms in total. The Morgan fingerprint density at radius 3 is 2.53 bits per heavy atom. The zero-order valence-corrected chi connectivity index (χ0v) is 18.2. The van der Waals surface area contributed by atoms with Gasteiger partial charge in [0, 0.05) is 5.92 Å². The predicted octanol–water partition coefficient (Wildman–Crippen LogP) is -2.36. The normalized spacial score (nSPS) is 51.1. The molecular formula is C21H34O11. The van der Waals surface area contributed by atoms with E-state index < -0.39 is 60.9 Å². The third-order valence-corrected chi connectivity index (χ3v) is 7.37. The minimum absolute atomic E-state index is 0.121. The Kier molecular flexibility index (Phi) is 6.99. The average molecular weight is 462 g/mol. The second-order valence-corrected chi connectivity index (χ2v) is 9.45. The van der Waals surface area contributed by atoms with Gasteiger partial charge in [0.15, 0.2) is 12.6 Å².